The Hall–Kier alpha value is -4.52. The predicted octanol–water partition coefficient (Wildman–Crippen LogP) is 3.53. The van der Waals surface area contributed by atoms with Gasteiger partial charge in [0, 0.05) is 37.2 Å². The van der Waals surface area contributed by atoms with Crippen molar-refractivity contribution in [3.8, 4) is 11.5 Å². The molecule has 0 aliphatic rings. The topological polar surface area (TPSA) is 231 Å². The largest absolute Gasteiger partial charge is 0.467 e. The zero-order valence-electron chi connectivity index (χ0n) is 34.1. The van der Waals surface area contributed by atoms with E-state index < -0.39 is 83.6 Å². The summed E-state index contributed by atoms with van der Waals surface area (Å²) < 4.78 is 25.6. The summed E-state index contributed by atoms with van der Waals surface area (Å²) in [5.74, 6) is -5.01. The highest BCUT2D eigenvalue weighted by atomic mass is 33.1. The lowest BCUT2D eigenvalue weighted by atomic mass is 10.0. The molecule has 4 amide bonds. The molecule has 0 saturated carbocycles. The molecular weight excluding hydrogens is 773 g/mol. The molecule has 0 bridgehead atoms. The number of benzene rings is 1. The van der Waals surface area contributed by atoms with Gasteiger partial charge < -0.3 is 45.0 Å². The van der Waals surface area contributed by atoms with Crippen LogP contribution in [0.15, 0.2) is 18.2 Å². The van der Waals surface area contributed by atoms with Gasteiger partial charge in [0.15, 0.2) is 11.5 Å². The number of amides is 4. The minimum absolute atomic E-state index is 0.0288. The molecule has 0 unspecified atom stereocenters. The van der Waals surface area contributed by atoms with Gasteiger partial charge in [0.05, 0.1) is 13.7 Å². The van der Waals surface area contributed by atoms with Gasteiger partial charge in [-0.1, -0.05) is 48.4 Å². The number of rotatable bonds is 18. The summed E-state index contributed by atoms with van der Waals surface area (Å²) in [7, 11) is 3.92. The fourth-order valence-electron chi connectivity index (χ4n) is 4.34. The molecule has 314 valence electrons. The molecule has 56 heavy (non-hydrogen) atoms. The lowest BCUT2D eigenvalue weighted by molar-refractivity contribution is -0.157. The first-order valence-electron chi connectivity index (χ1n) is 17.6. The van der Waals surface area contributed by atoms with E-state index in [9.17, 15) is 38.4 Å². The first-order chi connectivity index (χ1) is 25.7. The Kier molecular flexibility index (Phi) is 19.7. The van der Waals surface area contributed by atoms with Crippen molar-refractivity contribution in [1.82, 2.24) is 21.3 Å². The summed E-state index contributed by atoms with van der Waals surface area (Å²) in [6.07, 6.45) is -1.47. The van der Waals surface area contributed by atoms with Crippen LogP contribution in [0.3, 0.4) is 0 Å². The van der Waals surface area contributed by atoms with Gasteiger partial charge in [-0.25, -0.2) is 14.4 Å². The summed E-state index contributed by atoms with van der Waals surface area (Å²) >= 11 is 0. The van der Waals surface area contributed by atoms with Gasteiger partial charge in [0.25, 0.3) is 0 Å². The van der Waals surface area contributed by atoms with E-state index in [4.69, 9.17) is 23.7 Å². The molecule has 0 aromatic heterocycles. The molecular formula is C37H56N4O13S2. The van der Waals surface area contributed by atoms with Crippen LogP contribution >= 0.6 is 21.6 Å². The number of carbonyl (C=O) groups excluding carboxylic acids is 8. The summed E-state index contributed by atoms with van der Waals surface area (Å²) in [6, 6.07) is 0.632. The molecule has 3 atom stereocenters. The molecule has 17 nitrogen and oxygen atoms in total. The second kappa shape index (κ2) is 22.3. The number of methoxy groups -OCH3 is 1. The third kappa shape index (κ3) is 21.5. The molecule has 0 radical (unpaired) electrons. The third-order valence-electron chi connectivity index (χ3n) is 6.44. The maximum atomic E-state index is 13.4. The molecule has 0 heterocycles. The quantitative estimate of drug-likeness (QED) is 0.0718. The van der Waals surface area contributed by atoms with E-state index in [1.165, 1.54) is 46.7 Å². The lowest BCUT2D eigenvalue weighted by Crippen LogP contribution is -2.52. The van der Waals surface area contributed by atoms with Crippen LogP contribution in [0.1, 0.15) is 94.6 Å². The van der Waals surface area contributed by atoms with E-state index in [0.29, 0.717) is 5.56 Å². The standard InChI is InChI=1S/C37H56N4O13S2/c1-21(42)51-27-15-13-23(18-28(27)52-22(2)43)17-25(32(47)50-12)39-30(45)19-38-31(46)26(20-55-56-37(9,10)11)40-29(44)16-14-24(33(48)53-35(3,4)5)41-34(49)54-36(6,7)8/h13,15,18,24-26H,14,16-17,19-20H2,1-12H3,(H,38,46)(H,39,45)(H,40,44)(H,41,49)/t24-,25+,26-/m0/s1. The normalized spacial score (nSPS) is 13.1. The van der Waals surface area contributed by atoms with Crippen LogP contribution in [-0.4, -0.2) is 101 Å². The smallest absolute Gasteiger partial charge is 0.408 e. The van der Waals surface area contributed by atoms with Gasteiger partial charge in [-0.2, -0.15) is 0 Å². The Labute approximate surface area is 335 Å². The minimum atomic E-state index is -1.24. The van der Waals surface area contributed by atoms with Crippen molar-refractivity contribution in [2.75, 3.05) is 19.4 Å². The van der Waals surface area contributed by atoms with Crippen LogP contribution in [0.5, 0.6) is 11.5 Å². The first-order valence-corrected chi connectivity index (χ1v) is 20.0. The lowest BCUT2D eigenvalue weighted by Gasteiger charge is -2.26. The SMILES string of the molecule is COC(=O)[C@@H](Cc1ccc(OC(C)=O)c(OC(C)=O)c1)NC(=O)CNC(=O)[C@H](CSSC(C)(C)C)NC(=O)CC[C@H](NC(=O)OC(C)(C)C)C(=O)OC(C)(C)C. The second-order valence-corrected chi connectivity index (χ2v) is 18.6. The van der Waals surface area contributed by atoms with Gasteiger partial charge in [-0.05, 0) is 65.7 Å². The average Bonchev–Trinajstić information content (AvgIpc) is 3.02. The predicted molar refractivity (Wildman–Crippen MR) is 210 cm³/mol. The molecule has 1 aromatic rings. The van der Waals surface area contributed by atoms with E-state index in [-0.39, 0.29) is 41.3 Å². The first kappa shape index (κ1) is 49.5. The van der Waals surface area contributed by atoms with Gasteiger partial charge >= 0.3 is 30.0 Å². The Balaban J connectivity index is 3.09. The van der Waals surface area contributed by atoms with Crippen molar-refractivity contribution >= 4 is 69.3 Å². The number of carbonyl (C=O) groups is 8. The average molecular weight is 829 g/mol. The maximum Gasteiger partial charge on any atom is 0.408 e. The summed E-state index contributed by atoms with van der Waals surface area (Å²) in [5.41, 5.74) is -1.33. The van der Waals surface area contributed by atoms with E-state index in [2.05, 4.69) is 21.3 Å². The molecule has 0 aliphatic carbocycles. The zero-order valence-corrected chi connectivity index (χ0v) is 35.8. The summed E-state index contributed by atoms with van der Waals surface area (Å²) in [6.45, 7) is 17.6. The summed E-state index contributed by atoms with van der Waals surface area (Å²) in [5, 5.41) is 10.1. The monoisotopic (exact) mass is 828 g/mol. The van der Waals surface area contributed by atoms with Crippen LogP contribution in [0, 0.1) is 0 Å². The number of alkyl carbamates (subject to hydrolysis) is 1. The third-order valence-corrected chi connectivity index (χ3v) is 9.79. The molecule has 0 aliphatic heterocycles. The number of esters is 4. The highest BCUT2D eigenvalue weighted by molar-refractivity contribution is 8.77. The Morgan fingerprint density at radius 3 is 1.80 bits per heavy atom. The van der Waals surface area contributed by atoms with E-state index in [1.807, 2.05) is 20.8 Å². The van der Waals surface area contributed by atoms with Gasteiger partial charge in [0.1, 0.15) is 29.3 Å². The fourth-order valence-corrected chi connectivity index (χ4v) is 6.80. The molecule has 0 saturated heterocycles. The van der Waals surface area contributed by atoms with Crippen LogP contribution < -0.4 is 30.7 Å². The highest BCUT2D eigenvalue weighted by Gasteiger charge is 2.31. The van der Waals surface area contributed by atoms with Gasteiger partial charge in [-0.15, -0.1) is 0 Å². The van der Waals surface area contributed by atoms with Crippen LogP contribution in [0.4, 0.5) is 4.79 Å². The number of hydrogen-bond donors (Lipinski definition) is 4. The molecule has 1 aromatic carbocycles. The highest BCUT2D eigenvalue weighted by Crippen LogP contribution is 2.35. The molecule has 4 N–H and O–H groups in total. The number of nitrogens with one attached hydrogen (secondary N) is 4. The Morgan fingerprint density at radius 1 is 0.696 bits per heavy atom. The molecule has 1 rings (SSSR count). The zero-order chi connectivity index (χ0) is 43.0. The van der Waals surface area contributed by atoms with E-state index in [1.54, 1.807) is 41.5 Å². The van der Waals surface area contributed by atoms with Crippen molar-refractivity contribution in [3.63, 3.8) is 0 Å². The van der Waals surface area contributed by atoms with Crippen molar-refractivity contribution in [1.29, 1.82) is 0 Å². The molecule has 0 spiro atoms. The van der Waals surface area contributed by atoms with Crippen molar-refractivity contribution in [2.45, 2.75) is 129 Å². The van der Waals surface area contributed by atoms with E-state index in [0.717, 1.165) is 14.0 Å². The van der Waals surface area contributed by atoms with Crippen LogP contribution in [0.2, 0.25) is 0 Å². The molecule has 0 fully saturated rings. The molecule has 19 heteroatoms. The fraction of sp³-hybridized carbons (Fsp3) is 0.622. The Bertz CT molecular complexity index is 1580. The van der Waals surface area contributed by atoms with Crippen LogP contribution in [0.25, 0.3) is 0 Å². The Morgan fingerprint density at radius 2 is 1.27 bits per heavy atom. The van der Waals surface area contributed by atoms with Crippen molar-refractivity contribution < 1.29 is 62.0 Å². The minimum Gasteiger partial charge on any atom is -0.467 e. The van der Waals surface area contributed by atoms with Crippen molar-refractivity contribution in [2.24, 2.45) is 0 Å². The van der Waals surface area contributed by atoms with Crippen molar-refractivity contribution in [3.05, 3.63) is 23.8 Å². The number of ether oxygens (including phenoxy) is 5. The summed E-state index contributed by atoms with van der Waals surface area (Å²) in [4.78, 5) is 101. The maximum absolute atomic E-state index is 13.4. The van der Waals surface area contributed by atoms with Crippen LogP contribution in [-0.2, 0) is 54.2 Å². The van der Waals surface area contributed by atoms with E-state index >= 15 is 0 Å². The van der Waals surface area contributed by atoms with Gasteiger partial charge in [-0.3, -0.25) is 24.0 Å². The van der Waals surface area contributed by atoms with Gasteiger partial charge in [0.2, 0.25) is 17.7 Å². The second-order valence-electron chi connectivity index (χ2n) is 15.4. The number of hydrogen-bond acceptors (Lipinski definition) is 15.